The third kappa shape index (κ3) is 6.48. The summed E-state index contributed by atoms with van der Waals surface area (Å²) >= 11 is 7.09. The lowest BCUT2D eigenvalue weighted by Crippen LogP contribution is -2.34. The highest BCUT2D eigenvalue weighted by atomic mass is 35.5. The number of anilines is 3. The molecule has 0 bridgehead atoms. The van der Waals surface area contributed by atoms with Crippen molar-refractivity contribution in [3.8, 4) is 0 Å². The molecular formula is C25H32ClN5O4S. The highest BCUT2D eigenvalue weighted by Gasteiger charge is 2.33. The van der Waals surface area contributed by atoms with Gasteiger partial charge in [0, 0.05) is 31.2 Å². The Kier molecular flexibility index (Phi) is 7.77. The number of cyclic esters (lactones) is 1. The second kappa shape index (κ2) is 10.7. The topological polar surface area (TPSA) is 117 Å². The standard InChI is InChI=1S/C25H32ClN5O4S/c1-25(2,3)11-22(32)29-18-10-16(4-5-19(18)30-9-8-15(27)13-30)31-14-17(35-24(31)34)12-28-23(33)20-6-7-21(26)36-20/h4-7,10,15,17H,8-9,11-14,27H2,1-3H3,(H,28,33)(H,29,32). The SMILES string of the molecule is CC(C)(C)CC(=O)Nc1cc(N2CC(CNC(=O)c3ccc(Cl)s3)OC2=O)ccc1N1CCC(N)C1. The van der Waals surface area contributed by atoms with E-state index in [4.69, 9.17) is 22.1 Å². The van der Waals surface area contributed by atoms with E-state index in [1.807, 2.05) is 32.9 Å². The van der Waals surface area contributed by atoms with Gasteiger partial charge in [0.25, 0.3) is 5.91 Å². The first kappa shape index (κ1) is 26.2. The third-order valence-electron chi connectivity index (χ3n) is 5.98. The summed E-state index contributed by atoms with van der Waals surface area (Å²) in [5, 5.41) is 5.83. The highest BCUT2D eigenvalue weighted by molar-refractivity contribution is 7.18. The average Bonchev–Trinajstić information content (AvgIpc) is 3.50. The number of rotatable bonds is 7. The third-order valence-corrected chi connectivity index (χ3v) is 7.21. The van der Waals surface area contributed by atoms with Crippen LogP contribution in [0.5, 0.6) is 0 Å². The molecule has 2 aliphatic rings. The number of nitrogens with one attached hydrogen (secondary N) is 2. The number of thiophene rings is 1. The molecule has 1 aromatic heterocycles. The van der Waals surface area contributed by atoms with Gasteiger partial charge in [-0.3, -0.25) is 14.5 Å². The fourth-order valence-electron chi connectivity index (χ4n) is 4.32. The summed E-state index contributed by atoms with van der Waals surface area (Å²) in [6.45, 7) is 7.97. The maximum absolute atomic E-state index is 12.8. The first-order valence-corrected chi connectivity index (χ1v) is 13.1. The summed E-state index contributed by atoms with van der Waals surface area (Å²) in [7, 11) is 0. The zero-order valence-electron chi connectivity index (χ0n) is 20.7. The minimum Gasteiger partial charge on any atom is -0.442 e. The Hall–Kier alpha value is -2.82. The number of benzene rings is 1. The van der Waals surface area contributed by atoms with E-state index in [1.54, 1.807) is 18.2 Å². The molecule has 194 valence electrons. The summed E-state index contributed by atoms with van der Waals surface area (Å²) in [4.78, 5) is 41.9. The fraction of sp³-hybridized carbons (Fsp3) is 0.480. The number of nitrogens with two attached hydrogens (primary N) is 1. The summed E-state index contributed by atoms with van der Waals surface area (Å²) in [6, 6.07) is 8.94. The molecule has 2 unspecified atom stereocenters. The van der Waals surface area contributed by atoms with Crippen molar-refractivity contribution < 1.29 is 19.1 Å². The van der Waals surface area contributed by atoms with E-state index in [0.717, 1.165) is 18.7 Å². The van der Waals surface area contributed by atoms with Crippen LogP contribution in [0.2, 0.25) is 4.34 Å². The first-order chi connectivity index (χ1) is 17.0. The molecule has 0 spiro atoms. The lowest BCUT2D eigenvalue weighted by atomic mass is 9.92. The maximum atomic E-state index is 12.8. The number of carbonyl (C=O) groups excluding carboxylic acids is 3. The Labute approximate surface area is 219 Å². The number of hydrogen-bond acceptors (Lipinski definition) is 7. The van der Waals surface area contributed by atoms with Crippen molar-refractivity contribution in [3.63, 3.8) is 0 Å². The van der Waals surface area contributed by atoms with Crippen molar-refractivity contribution in [2.45, 2.75) is 45.8 Å². The van der Waals surface area contributed by atoms with Crippen molar-refractivity contribution in [1.29, 1.82) is 0 Å². The molecule has 2 aromatic rings. The van der Waals surface area contributed by atoms with Gasteiger partial charge in [-0.2, -0.15) is 0 Å². The molecule has 2 atom stereocenters. The van der Waals surface area contributed by atoms with Crippen LogP contribution in [0, 0.1) is 5.41 Å². The molecule has 0 radical (unpaired) electrons. The zero-order valence-corrected chi connectivity index (χ0v) is 22.2. The largest absolute Gasteiger partial charge is 0.442 e. The summed E-state index contributed by atoms with van der Waals surface area (Å²) in [5.41, 5.74) is 8.07. The van der Waals surface area contributed by atoms with Gasteiger partial charge in [-0.15, -0.1) is 11.3 Å². The van der Waals surface area contributed by atoms with Crippen LogP contribution in [0.25, 0.3) is 0 Å². The van der Waals surface area contributed by atoms with Crippen molar-refractivity contribution in [3.05, 3.63) is 39.5 Å². The Morgan fingerprint density at radius 2 is 2.00 bits per heavy atom. The molecule has 2 saturated heterocycles. The molecule has 0 aliphatic carbocycles. The molecular weight excluding hydrogens is 502 g/mol. The molecule has 4 rings (SSSR count). The van der Waals surface area contributed by atoms with E-state index in [9.17, 15) is 14.4 Å². The van der Waals surface area contributed by atoms with Crippen LogP contribution in [0.15, 0.2) is 30.3 Å². The molecule has 0 saturated carbocycles. The monoisotopic (exact) mass is 533 g/mol. The Morgan fingerprint density at radius 1 is 1.22 bits per heavy atom. The van der Waals surface area contributed by atoms with Crippen LogP contribution in [-0.4, -0.2) is 56.2 Å². The molecule has 3 heterocycles. The van der Waals surface area contributed by atoms with Crippen LogP contribution in [0.1, 0.15) is 43.3 Å². The van der Waals surface area contributed by atoms with Gasteiger partial charge in [-0.05, 0) is 42.2 Å². The Bertz CT molecular complexity index is 1150. The van der Waals surface area contributed by atoms with Crippen molar-refractivity contribution in [2.75, 3.05) is 41.3 Å². The second-order valence-corrected chi connectivity index (χ2v) is 12.1. The van der Waals surface area contributed by atoms with Crippen LogP contribution in [0.3, 0.4) is 0 Å². The normalized spacial score (nSPS) is 20.0. The number of hydrogen-bond donors (Lipinski definition) is 3. The molecule has 4 N–H and O–H groups in total. The maximum Gasteiger partial charge on any atom is 0.414 e. The molecule has 36 heavy (non-hydrogen) atoms. The van der Waals surface area contributed by atoms with E-state index in [-0.39, 0.29) is 36.4 Å². The van der Waals surface area contributed by atoms with Gasteiger partial charge < -0.3 is 26.0 Å². The van der Waals surface area contributed by atoms with Gasteiger partial charge >= 0.3 is 6.09 Å². The fourth-order valence-corrected chi connectivity index (χ4v) is 5.28. The second-order valence-electron chi connectivity index (χ2n) is 10.4. The van der Waals surface area contributed by atoms with E-state index in [2.05, 4.69) is 15.5 Å². The number of carbonyl (C=O) groups is 3. The lowest BCUT2D eigenvalue weighted by Gasteiger charge is -2.25. The van der Waals surface area contributed by atoms with E-state index in [1.165, 1.54) is 16.2 Å². The Morgan fingerprint density at radius 3 is 2.64 bits per heavy atom. The number of amides is 3. The minimum absolute atomic E-state index is 0.0811. The Balaban J connectivity index is 1.47. The van der Waals surface area contributed by atoms with Crippen LogP contribution >= 0.6 is 22.9 Å². The molecule has 2 fully saturated rings. The van der Waals surface area contributed by atoms with Gasteiger partial charge in [0.2, 0.25) is 5.91 Å². The van der Waals surface area contributed by atoms with Gasteiger partial charge in [0.1, 0.15) is 6.10 Å². The molecule has 1 aromatic carbocycles. The first-order valence-electron chi connectivity index (χ1n) is 11.9. The summed E-state index contributed by atoms with van der Waals surface area (Å²) < 4.78 is 6.02. The van der Waals surface area contributed by atoms with Gasteiger partial charge in [0.15, 0.2) is 0 Å². The predicted octanol–water partition coefficient (Wildman–Crippen LogP) is 4.07. The van der Waals surface area contributed by atoms with Crippen molar-refractivity contribution >= 4 is 57.9 Å². The molecule has 11 heteroatoms. The highest BCUT2D eigenvalue weighted by Crippen LogP contribution is 2.35. The smallest absolute Gasteiger partial charge is 0.414 e. The van der Waals surface area contributed by atoms with Crippen molar-refractivity contribution in [1.82, 2.24) is 5.32 Å². The predicted molar refractivity (Wildman–Crippen MR) is 143 cm³/mol. The summed E-state index contributed by atoms with van der Waals surface area (Å²) in [6.07, 6.45) is 0.225. The van der Waals surface area contributed by atoms with Crippen LogP contribution < -0.4 is 26.2 Å². The number of nitrogens with zero attached hydrogens (tertiary/aromatic N) is 2. The van der Waals surface area contributed by atoms with Crippen molar-refractivity contribution in [2.24, 2.45) is 11.1 Å². The average molecular weight is 534 g/mol. The van der Waals surface area contributed by atoms with Crippen LogP contribution in [-0.2, 0) is 9.53 Å². The zero-order chi connectivity index (χ0) is 26.0. The van der Waals surface area contributed by atoms with E-state index < -0.39 is 12.2 Å². The molecule has 2 aliphatic heterocycles. The van der Waals surface area contributed by atoms with E-state index >= 15 is 0 Å². The number of ether oxygens (including phenoxy) is 1. The quantitative estimate of drug-likeness (QED) is 0.494. The minimum atomic E-state index is -0.507. The van der Waals surface area contributed by atoms with Gasteiger partial charge in [-0.1, -0.05) is 32.4 Å². The van der Waals surface area contributed by atoms with Gasteiger partial charge in [-0.25, -0.2) is 4.79 Å². The number of halogens is 1. The molecule has 3 amide bonds. The van der Waals surface area contributed by atoms with Gasteiger partial charge in [0.05, 0.1) is 33.7 Å². The lowest BCUT2D eigenvalue weighted by molar-refractivity contribution is -0.117. The van der Waals surface area contributed by atoms with E-state index in [0.29, 0.717) is 33.6 Å². The molecule has 9 nitrogen and oxygen atoms in total. The van der Waals surface area contributed by atoms with Crippen LogP contribution in [0.4, 0.5) is 21.9 Å². The summed E-state index contributed by atoms with van der Waals surface area (Å²) in [5.74, 6) is -0.360.